The summed E-state index contributed by atoms with van der Waals surface area (Å²) in [6.07, 6.45) is 1.11. The number of amides is 1. The number of hydrogen-bond acceptors (Lipinski definition) is 6. The van der Waals surface area contributed by atoms with E-state index in [1.165, 1.54) is 0 Å². The molecule has 1 amide bonds. The van der Waals surface area contributed by atoms with Crippen molar-refractivity contribution in [2.75, 3.05) is 12.4 Å². The zero-order valence-electron chi connectivity index (χ0n) is 19.9. The van der Waals surface area contributed by atoms with Gasteiger partial charge in [-0.25, -0.2) is 4.98 Å². The van der Waals surface area contributed by atoms with Crippen LogP contribution in [0.3, 0.4) is 0 Å². The van der Waals surface area contributed by atoms with E-state index in [1.807, 2.05) is 67.8 Å². The van der Waals surface area contributed by atoms with E-state index in [4.69, 9.17) is 4.74 Å². The SMILES string of the molecule is COc1ccc(C2CC(=O)C3=C(C2)NC(C)=C(C(=O)Nc2cccc(C)n2)C3c2cccs2)cc1. The van der Waals surface area contributed by atoms with Gasteiger partial charge >= 0.3 is 0 Å². The minimum absolute atomic E-state index is 0.0725. The number of hydrogen-bond donors (Lipinski definition) is 2. The maximum atomic E-state index is 13.6. The number of aryl methyl sites for hydroxylation is 1. The van der Waals surface area contributed by atoms with Crippen molar-refractivity contribution in [2.24, 2.45) is 0 Å². The van der Waals surface area contributed by atoms with Gasteiger partial charge in [-0.2, -0.15) is 0 Å². The number of Topliss-reactive ketones (excluding diaryl/α,β-unsaturated/α-hetero) is 1. The van der Waals surface area contributed by atoms with Gasteiger partial charge in [0.25, 0.3) is 5.91 Å². The summed E-state index contributed by atoms with van der Waals surface area (Å²) < 4.78 is 5.28. The topological polar surface area (TPSA) is 80.3 Å². The van der Waals surface area contributed by atoms with E-state index in [0.29, 0.717) is 29.8 Å². The van der Waals surface area contributed by atoms with Crippen molar-refractivity contribution in [3.63, 3.8) is 0 Å². The minimum atomic E-state index is -0.402. The Hall–Kier alpha value is -3.71. The molecule has 2 N–H and O–H groups in total. The summed E-state index contributed by atoms with van der Waals surface area (Å²) in [6, 6.07) is 17.4. The number of pyridine rings is 1. The lowest BCUT2D eigenvalue weighted by atomic mass is 9.73. The normalized spacial score (nSPS) is 19.8. The van der Waals surface area contributed by atoms with Crippen LogP contribution < -0.4 is 15.4 Å². The van der Waals surface area contributed by atoms with Gasteiger partial charge in [-0.15, -0.1) is 11.3 Å². The second-order valence-electron chi connectivity index (χ2n) is 8.92. The predicted molar refractivity (Wildman–Crippen MR) is 138 cm³/mol. The molecule has 0 bridgehead atoms. The molecule has 2 unspecified atom stereocenters. The Morgan fingerprint density at radius 2 is 1.89 bits per heavy atom. The molecule has 5 rings (SSSR count). The molecular weight excluding hydrogens is 458 g/mol. The van der Waals surface area contributed by atoms with Crippen molar-refractivity contribution in [3.05, 3.63) is 98.7 Å². The summed E-state index contributed by atoms with van der Waals surface area (Å²) in [5.41, 5.74) is 4.85. The maximum absolute atomic E-state index is 13.6. The molecule has 3 aromatic rings. The highest BCUT2D eigenvalue weighted by molar-refractivity contribution is 7.10. The van der Waals surface area contributed by atoms with Crippen LogP contribution in [0.2, 0.25) is 0 Å². The van der Waals surface area contributed by atoms with E-state index >= 15 is 0 Å². The van der Waals surface area contributed by atoms with Gasteiger partial charge in [-0.3, -0.25) is 9.59 Å². The maximum Gasteiger partial charge on any atom is 0.255 e. The molecule has 0 radical (unpaired) electrons. The molecule has 1 aliphatic heterocycles. The van der Waals surface area contributed by atoms with Gasteiger partial charge in [0.2, 0.25) is 0 Å². The number of ketones is 1. The molecular formula is C28H27N3O3S. The Morgan fingerprint density at radius 3 is 2.57 bits per heavy atom. The number of aromatic nitrogens is 1. The largest absolute Gasteiger partial charge is 0.497 e. The third-order valence-electron chi connectivity index (χ3n) is 6.62. The fourth-order valence-electron chi connectivity index (χ4n) is 4.99. The van der Waals surface area contributed by atoms with Crippen LogP contribution in [0, 0.1) is 6.92 Å². The van der Waals surface area contributed by atoms with Gasteiger partial charge in [0.15, 0.2) is 5.78 Å². The summed E-state index contributed by atoms with van der Waals surface area (Å²) in [5.74, 6) is 0.785. The first-order valence-corrected chi connectivity index (χ1v) is 12.5. The molecule has 7 heteroatoms. The summed E-state index contributed by atoms with van der Waals surface area (Å²) >= 11 is 1.56. The molecule has 1 aromatic carbocycles. The van der Waals surface area contributed by atoms with Crippen LogP contribution in [0.15, 0.2) is 82.5 Å². The quantitative estimate of drug-likeness (QED) is 0.502. The second-order valence-corrected chi connectivity index (χ2v) is 9.90. The smallest absolute Gasteiger partial charge is 0.255 e. The van der Waals surface area contributed by atoms with E-state index < -0.39 is 5.92 Å². The van der Waals surface area contributed by atoms with E-state index in [-0.39, 0.29) is 17.6 Å². The number of anilines is 1. The summed E-state index contributed by atoms with van der Waals surface area (Å²) in [5, 5.41) is 8.35. The monoisotopic (exact) mass is 485 g/mol. The fraction of sp³-hybridized carbons (Fsp3) is 0.250. The van der Waals surface area contributed by atoms with Crippen LogP contribution in [0.25, 0.3) is 0 Å². The lowest BCUT2D eigenvalue weighted by Crippen LogP contribution is -2.36. The van der Waals surface area contributed by atoms with Crippen molar-refractivity contribution < 1.29 is 14.3 Å². The Kier molecular flexibility index (Phi) is 6.26. The van der Waals surface area contributed by atoms with E-state index in [2.05, 4.69) is 15.6 Å². The third-order valence-corrected chi connectivity index (χ3v) is 7.55. The highest BCUT2D eigenvalue weighted by Gasteiger charge is 2.41. The van der Waals surface area contributed by atoms with Crippen LogP contribution in [0.4, 0.5) is 5.82 Å². The van der Waals surface area contributed by atoms with Gasteiger partial charge in [0, 0.05) is 39.5 Å². The van der Waals surface area contributed by atoms with Gasteiger partial charge in [-0.1, -0.05) is 24.3 Å². The number of benzene rings is 1. The van der Waals surface area contributed by atoms with Crippen LogP contribution in [-0.2, 0) is 9.59 Å². The summed E-state index contributed by atoms with van der Waals surface area (Å²) in [6.45, 7) is 3.79. The van der Waals surface area contributed by atoms with Crippen molar-refractivity contribution >= 4 is 28.8 Å². The van der Waals surface area contributed by atoms with Gasteiger partial charge in [0.05, 0.1) is 13.0 Å². The van der Waals surface area contributed by atoms with E-state index in [9.17, 15) is 9.59 Å². The molecule has 3 heterocycles. The van der Waals surface area contributed by atoms with E-state index in [1.54, 1.807) is 24.5 Å². The lowest BCUT2D eigenvalue weighted by molar-refractivity contribution is -0.116. The molecule has 2 aromatic heterocycles. The minimum Gasteiger partial charge on any atom is -0.497 e. The Labute approximate surface area is 208 Å². The molecule has 2 aliphatic rings. The number of methoxy groups -OCH3 is 1. The first-order valence-electron chi connectivity index (χ1n) is 11.6. The van der Waals surface area contributed by atoms with Crippen molar-refractivity contribution in [2.45, 2.75) is 38.5 Å². The average molecular weight is 486 g/mol. The zero-order chi connectivity index (χ0) is 24.5. The summed E-state index contributed by atoms with van der Waals surface area (Å²) in [7, 11) is 1.64. The van der Waals surface area contributed by atoms with Crippen LogP contribution >= 0.6 is 11.3 Å². The highest BCUT2D eigenvalue weighted by atomic mass is 32.1. The number of thiophene rings is 1. The second kappa shape index (κ2) is 9.50. The molecule has 0 saturated heterocycles. The standard InChI is InChI=1S/C28H27N3O3S/c1-16-6-4-8-24(29-16)31-28(33)25-17(2)30-21-14-19(18-9-11-20(34-3)12-10-18)15-22(32)26(21)27(25)23-7-5-13-35-23/h4-13,19,27,30H,14-15H2,1-3H3,(H,29,31,33). The van der Waals surface area contributed by atoms with Crippen molar-refractivity contribution in [3.8, 4) is 5.75 Å². The molecule has 0 fully saturated rings. The lowest BCUT2D eigenvalue weighted by Gasteiger charge is -2.36. The molecule has 178 valence electrons. The number of rotatable bonds is 5. The Balaban J connectivity index is 1.50. The third kappa shape index (κ3) is 4.51. The number of dihydropyridines is 1. The van der Waals surface area contributed by atoms with Gasteiger partial charge in [-0.05, 0) is 67.5 Å². The number of nitrogens with one attached hydrogen (secondary N) is 2. The van der Waals surface area contributed by atoms with Gasteiger partial charge in [0.1, 0.15) is 11.6 Å². The first kappa shape index (κ1) is 23.1. The van der Waals surface area contributed by atoms with Crippen LogP contribution in [-0.4, -0.2) is 23.8 Å². The fourth-order valence-corrected chi connectivity index (χ4v) is 5.83. The predicted octanol–water partition coefficient (Wildman–Crippen LogP) is 5.46. The number of carbonyl (C=O) groups excluding carboxylic acids is 2. The van der Waals surface area contributed by atoms with Gasteiger partial charge < -0.3 is 15.4 Å². The molecule has 0 spiro atoms. The number of carbonyl (C=O) groups is 2. The van der Waals surface area contributed by atoms with Crippen LogP contribution in [0.1, 0.15) is 47.7 Å². The zero-order valence-corrected chi connectivity index (χ0v) is 20.7. The Bertz CT molecular complexity index is 1340. The molecule has 6 nitrogen and oxygen atoms in total. The van der Waals surface area contributed by atoms with Crippen LogP contribution in [0.5, 0.6) is 5.75 Å². The summed E-state index contributed by atoms with van der Waals surface area (Å²) in [4.78, 5) is 32.6. The molecule has 2 atom stereocenters. The highest BCUT2D eigenvalue weighted by Crippen LogP contribution is 2.46. The van der Waals surface area contributed by atoms with Crippen molar-refractivity contribution in [1.29, 1.82) is 0 Å². The average Bonchev–Trinajstić information content (AvgIpc) is 3.38. The molecule has 35 heavy (non-hydrogen) atoms. The first-order chi connectivity index (χ1) is 16.9. The van der Waals surface area contributed by atoms with E-state index in [0.717, 1.165) is 33.3 Å². The number of allylic oxidation sites excluding steroid dienone is 3. The molecule has 0 saturated carbocycles. The molecule has 1 aliphatic carbocycles. The number of nitrogens with zero attached hydrogens (tertiary/aromatic N) is 1. The number of ether oxygens (including phenoxy) is 1. The Morgan fingerprint density at radius 1 is 1.09 bits per heavy atom. The van der Waals surface area contributed by atoms with Crippen molar-refractivity contribution in [1.82, 2.24) is 10.3 Å².